The minimum Gasteiger partial charge on any atom is -0.476 e. The lowest BCUT2D eigenvalue weighted by atomic mass is 10.4. The van der Waals surface area contributed by atoms with E-state index in [9.17, 15) is 10.1 Å². The predicted molar refractivity (Wildman–Crippen MR) is 73.7 cm³/mol. The predicted octanol–water partition coefficient (Wildman–Crippen LogP) is 3.06. The molecule has 0 bridgehead atoms. The second kappa shape index (κ2) is 6.14. The molecule has 0 saturated heterocycles. The third kappa shape index (κ3) is 3.41. The van der Waals surface area contributed by atoms with Crippen molar-refractivity contribution in [2.75, 3.05) is 11.9 Å². The van der Waals surface area contributed by atoms with Gasteiger partial charge in [-0.15, -0.1) is 0 Å². The molecule has 0 aliphatic carbocycles. The van der Waals surface area contributed by atoms with Crippen molar-refractivity contribution in [1.29, 1.82) is 0 Å². The van der Waals surface area contributed by atoms with E-state index < -0.39 is 0 Å². The molecular formula is C12H13N3O3S. The standard InChI is InChI=1S/C12H13N3O3S/c1-2-18-12-10(4-3-7-13-12)14-8-9-5-6-11(19-9)15(16)17/h3-7,14H,2,8H2,1H3. The summed E-state index contributed by atoms with van der Waals surface area (Å²) in [4.78, 5) is 15.2. The molecule has 0 atom stereocenters. The Labute approximate surface area is 114 Å². The lowest BCUT2D eigenvalue weighted by molar-refractivity contribution is -0.380. The Morgan fingerprint density at radius 2 is 2.32 bits per heavy atom. The van der Waals surface area contributed by atoms with Crippen molar-refractivity contribution in [2.24, 2.45) is 0 Å². The van der Waals surface area contributed by atoms with Crippen LogP contribution in [0.25, 0.3) is 0 Å². The first kappa shape index (κ1) is 13.3. The van der Waals surface area contributed by atoms with Gasteiger partial charge in [0.1, 0.15) is 0 Å². The van der Waals surface area contributed by atoms with E-state index >= 15 is 0 Å². The van der Waals surface area contributed by atoms with E-state index in [-0.39, 0.29) is 9.92 Å². The third-order valence-corrected chi connectivity index (χ3v) is 3.37. The van der Waals surface area contributed by atoms with Crippen LogP contribution in [0.5, 0.6) is 5.88 Å². The Balaban J connectivity index is 2.03. The van der Waals surface area contributed by atoms with Gasteiger partial charge in [-0.1, -0.05) is 11.3 Å². The highest BCUT2D eigenvalue weighted by Gasteiger charge is 2.10. The molecule has 0 unspecified atom stereocenters. The maximum atomic E-state index is 10.6. The van der Waals surface area contributed by atoms with E-state index in [0.29, 0.717) is 19.0 Å². The van der Waals surface area contributed by atoms with E-state index in [1.165, 1.54) is 6.07 Å². The average Bonchev–Trinajstić information content (AvgIpc) is 2.87. The molecule has 0 aliphatic heterocycles. The Morgan fingerprint density at radius 1 is 1.47 bits per heavy atom. The van der Waals surface area contributed by atoms with Crippen LogP contribution in [-0.4, -0.2) is 16.5 Å². The average molecular weight is 279 g/mol. The maximum absolute atomic E-state index is 10.6. The summed E-state index contributed by atoms with van der Waals surface area (Å²) in [6.45, 7) is 2.93. The first-order chi connectivity index (χ1) is 9.20. The molecule has 6 nitrogen and oxygen atoms in total. The number of nitro groups is 1. The van der Waals surface area contributed by atoms with Crippen LogP contribution in [-0.2, 0) is 6.54 Å². The number of thiophene rings is 1. The maximum Gasteiger partial charge on any atom is 0.324 e. The largest absolute Gasteiger partial charge is 0.476 e. The van der Waals surface area contributed by atoms with Gasteiger partial charge in [-0.25, -0.2) is 4.98 Å². The monoisotopic (exact) mass is 279 g/mol. The van der Waals surface area contributed by atoms with E-state index in [4.69, 9.17) is 4.74 Å². The molecule has 1 N–H and O–H groups in total. The van der Waals surface area contributed by atoms with Crippen LogP contribution in [0.1, 0.15) is 11.8 Å². The summed E-state index contributed by atoms with van der Waals surface area (Å²) in [6.07, 6.45) is 1.66. The number of aromatic nitrogens is 1. The lowest BCUT2D eigenvalue weighted by Gasteiger charge is -2.09. The minimum atomic E-state index is -0.385. The van der Waals surface area contributed by atoms with Crippen LogP contribution < -0.4 is 10.1 Å². The normalized spacial score (nSPS) is 10.2. The minimum absolute atomic E-state index is 0.146. The fourth-order valence-electron chi connectivity index (χ4n) is 1.52. The summed E-state index contributed by atoms with van der Waals surface area (Å²) in [5.74, 6) is 0.538. The van der Waals surface area contributed by atoms with Gasteiger partial charge in [-0.3, -0.25) is 10.1 Å². The van der Waals surface area contributed by atoms with Crippen LogP contribution in [0.15, 0.2) is 30.5 Å². The van der Waals surface area contributed by atoms with Gasteiger partial charge in [0.05, 0.1) is 17.2 Å². The van der Waals surface area contributed by atoms with E-state index in [1.807, 2.05) is 19.1 Å². The number of hydrogen-bond donors (Lipinski definition) is 1. The van der Waals surface area contributed by atoms with Crippen molar-refractivity contribution in [2.45, 2.75) is 13.5 Å². The molecule has 7 heteroatoms. The number of ether oxygens (including phenoxy) is 1. The van der Waals surface area contributed by atoms with Crippen LogP contribution in [0.3, 0.4) is 0 Å². The molecule has 0 amide bonds. The molecule has 2 aromatic heterocycles. The van der Waals surface area contributed by atoms with Gasteiger partial charge in [0, 0.05) is 23.7 Å². The first-order valence-corrected chi connectivity index (χ1v) is 6.57. The van der Waals surface area contributed by atoms with Gasteiger partial charge in [0.2, 0.25) is 5.88 Å². The number of pyridine rings is 1. The molecule has 0 spiro atoms. The molecule has 0 aromatic carbocycles. The van der Waals surface area contributed by atoms with Gasteiger partial charge in [0.25, 0.3) is 0 Å². The smallest absolute Gasteiger partial charge is 0.324 e. The number of nitrogens with zero attached hydrogens (tertiary/aromatic N) is 2. The van der Waals surface area contributed by atoms with Gasteiger partial charge < -0.3 is 10.1 Å². The van der Waals surface area contributed by atoms with E-state index in [0.717, 1.165) is 21.9 Å². The molecular weight excluding hydrogens is 266 g/mol. The highest BCUT2D eigenvalue weighted by atomic mass is 32.1. The molecule has 0 aliphatic rings. The zero-order valence-electron chi connectivity index (χ0n) is 10.3. The van der Waals surface area contributed by atoms with Gasteiger partial charge in [0.15, 0.2) is 0 Å². The summed E-state index contributed by atoms with van der Waals surface area (Å²) in [5.41, 5.74) is 0.778. The third-order valence-electron chi connectivity index (χ3n) is 2.33. The van der Waals surface area contributed by atoms with Crippen molar-refractivity contribution < 1.29 is 9.66 Å². The van der Waals surface area contributed by atoms with Crippen molar-refractivity contribution in [3.63, 3.8) is 0 Å². The van der Waals surface area contributed by atoms with Crippen molar-refractivity contribution in [1.82, 2.24) is 4.98 Å². The van der Waals surface area contributed by atoms with Gasteiger partial charge >= 0.3 is 5.00 Å². The molecule has 2 aromatic rings. The number of hydrogen-bond acceptors (Lipinski definition) is 6. The summed E-state index contributed by atoms with van der Waals surface area (Å²) in [6, 6.07) is 6.92. The van der Waals surface area contributed by atoms with Gasteiger partial charge in [-0.05, 0) is 25.1 Å². The van der Waals surface area contributed by atoms with Crippen LogP contribution in [0.2, 0.25) is 0 Å². The Kier molecular flexibility index (Phi) is 4.30. The summed E-state index contributed by atoms with van der Waals surface area (Å²) in [5, 5.41) is 13.9. The summed E-state index contributed by atoms with van der Waals surface area (Å²) < 4.78 is 5.39. The van der Waals surface area contributed by atoms with Crippen molar-refractivity contribution in [3.05, 3.63) is 45.5 Å². The van der Waals surface area contributed by atoms with E-state index in [1.54, 1.807) is 12.3 Å². The fourth-order valence-corrected chi connectivity index (χ4v) is 2.28. The van der Waals surface area contributed by atoms with Crippen LogP contribution in [0, 0.1) is 10.1 Å². The zero-order valence-corrected chi connectivity index (χ0v) is 11.1. The lowest BCUT2D eigenvalue weighted by Crippen LogP contribution is -2.02. The molecule has 2 heterocycles. The number of rotatable bonds is 6. The van der Waals surface area contributed by atoms with Crippen molar-refractivity contribution in [3.8, 4) is 5.88 Å². The Morgan fingerprint density at radius 3 is 3.00 bits per heavy atom. The highest BCUT2D eigenvalue weighted by Crippen LogP contribution is 2.26. The molecule has 2 rings (SSSR count). The number of nitrogens with one attached hydrogen (secondary N) is 1. The van der Waals surface area contributed by atoms with Crippen LogP contribution in [0.4, 0.5) is 10.7 Å². The summed E-state index contributed by atoms with van der Waals surface area (Å²) >= 11 is 1.16. The Bertz CT molecular complexity index is 571. The van der Waals surface area contributed by atoms with Crippen LogP contribution >= 0.6 is 11.3 Å². The zero-order chi connectivity index (χ0) is 13.7. The quantitative estimate of drug-likeness (QED) is 0.649. The molecule has 19 heavy (non-hydrogen) atoms. The fraction of sp³-hybridized carbons (Fsp3) is 0.250. The van der Waals surface area contributed by atoms with Gasteiger partial charge in [-0.2, -0.15) is 0 Å². The molecule has 0 saturated carbocycles. The molecule has 0 radical (unpaired) electrons. The second-order valence-corrected chi connectivity index (χ2v) is 4.79. The molecule has 100 valence electrons. The second-order valence-electron chi connectivity index (χ2n) is 3.64. The molecule has 0 fully saturated rings. The van der Waals surface area contributed by atoms with Crippen molar-refractivity contribution >= 4 is 22.0 Å². The highest BCUT2D eigenvalue weighted by molar-refractivity contribution is 7.15. The summed E-state index contributed by atoms with van der Waals surface area (Å²) in [7, 11) is 0. The number of anilines is 1. The topological polar surface area (TPSA) is 77.3 Å². The Hall–Kier alpha value is -2.15. The SMILES string of the molecule is CCOc1ncccc1NCc1ccc([N+](=O)[O-])s1. The first-order valence-electron chi connectivity index (χ1n) is 5.75. The van der Waals surface area contributed by atoms with E-state index in [2.05, 4.69) is 10.3 Å².